The van der Waals surface area contributed by atoms with Gasteiger partial charge >= 0.3 is 5.97 Å². The zero-order valence-corrected chi connectivity index (χ0v) is 13.6. The molecule has 0 spiro atoms. The van der Waals surface area contributed by atoms with Crippen LogP contribution in [0.15, 0.2) is 12.1 Å². The van der Waals surface area contributed by atoms with Crippen molar-refractivity contribution < 1.29 is 9.53 Å². The van der Waals surface area contributed by atoms with Gasteiger partial charge < -0.3 is 15.4 Å². The Morgan fingerprint density at radius 1 is 1.48 bits per heavy atom. The monoisotopic (exact) mass is 310 g/mol. The van der Waals surface area contributed by atoms with Crippen molar-refractivity contribution in [1.29, 1.82) is 0 Å². The molecule has 1 fully saturated rings. The lowest BCUT2D eigenvalue weighted by molar-refractivity contribution is 0.0601. The zero-order chi connectivity index (χ0) is 15.6. The molecule has 0 amide bonds. The maximum Gasteiger partial charge on any atom is 0.340 e. The number of esters is 1. The van der Waals surface area contributed by atoms with Gasteiger partial charge in [-0.1, -0.05) is 25.4 Å². The third kappa shape index (κ3) is 3.82. The molecule has 116 valence electrons. The lowest BCUT2D eigenvalue weighted by atomic mass is 10.1. The molecule has 0 atom stereocenters. The van der Waals surface area contributed by atoms with Crippen LogP contribution < -0.4 is 10.6 Å². The topological polar surface area (TPSA) is 55.6 Å². The van der Waals surface area contributed by atoms with Crippen LogP contribution in [0.2, 0.25) is 5.02 Å². The molecule has 1 saturated carbocycles. The molecule has 0 saturated heterocycles. The highest BCUT2D eigenvalue weighted by atomic mass is 35.5. The molecule has 1 aromatic carbocycles. The summed E-state index contributed by atoms with van der Waals surface area (Å²) in [5, 5.41) is 0.519. The van der Waals surface area contributed by atoms with Gasteiger partial charge in [-0.25, -0.2) is 4.79 Å². The second-order valence-corrected chi connectivity index (χ2v) is 6.40. The first-order chi connectivity index (χ1) is 9.93. The van der Waals surface area contributed by atoms with Crippen molar-refractivity contribution in [3.05, 3.63) is 22.7 Å². The summed E-state index contributed by atoms with van der Waals surface area (Å²) in [6.07, 6.45) is 3.33. The lowest BCUT2D eigenvalue weighted by Gasteiger charge is -2.28. The molecule has 5 heteroatoms. The van der Waals surface area contributed by atoms with Crippen molar-refractivity contribution in [2.45, 2.75) is 39.2 Å². The van der Waals surface area contributed by atoms with Gasteiger partial charge in [0, 0.05) is 18.3 Å². The molecule has 1 aromatic rings. The summed E-state index contributed by atoms with van der Waals surface area (Å²) in [4.78, 5) is 14.3. The number of carbonyl (C=O) groups excluding carboxylic acids is 1. The van der Waals surface area contributed by atoms with Gasteiger partial charge in [-0.15, -0.1) is 0 Å². The van der Waals surface area contributed by atoms with E-state index >= 15 is 0 Å². The van der Waals surface area contributed by atoms with Crippen LogP contribution in [0.4, 0.5) is 11.4 Å². The summed E-state index contributed by atoms with van der Waals surface area (Å²) in [5.41, 5.74) is 7.52. The lowest BCUT2D eigenvalue weighted by Crippen LogP contribution is -2.30. The van der Waals surface area contributed by atoms with E-state index in [0.29, 0.717) is 28.2 Å². The van der Waals surface area contributed by atoms with E-state index in [1.54, 1.807) is 12.1 Å². The first-order valence-corrected chi connectivity index (χ1v) is 7.75. The van der Waals surface area contributed by atoms with Crippen molar-refractivity contribution in [1.82, 2.24) is 0 Å². The van der Waals surface area contributed by atoms with Crippen LogP contribution in [0.5, 0.6) is 0 Å². The fourth-order valence-electron chi connectivity index (χ4n) is 2.44. The number of ether oxygens (including phenoxy) is 1. The van der Waals surface area contributed by atoms with Crippen LogP contribution in [0.1, 0.15) is 43.5 Å². The van der Waals surface area contributed by atoms with E-state index in [0.717, 1.165) is 31.5 Å². The Labute approximate surface area is 131 Å². The van der Waals surface area contributed by atoms with Gasteiger partial charge in [0.25, 0.3) is 0 Å². The number of nitrogen functional groups attached to an aromatic ring is 1. The summed E-state index contributed by atoms with van der Waals surface area (Å²) in [6.45, 7) is 5.27. The van der Waals surface area contributed by atoms with Crippen LogP contribution in [0.25, 0.3) is 0 Å². The Balaban J connectivity index is 2.40. The quantitative estimate of drug-likeness (QED) is 0.642. The highest BCUT2D eigenvalue weighted by Crippen LogP contribution is 2.39. The normalized spacial score (nSPS) is 14.3. The first-order valence-electron chi connectivity index (χ1n) is 7.38. The van der Waals surface area contributed by atoms with E-state index in [9.17, 15) is 4.79 Å². The molecular weight excluding hydrogens is 288 g/mol. The van der Waals surface area contributed by atoms with E-state index in [2.05, 4.69) is 18.7 Å². The van der Waals surface area contributed by atoms with E-state index in [4.69, 9.17) is 22.1 Å². The number of nitrogens with zero attached hydrogens (tertiary/aromatic N) is 1. The van der Waals surface area contributed by atoms with Crippen LogP contribution in [-0.2, 0) is 4.74 Å². The van der Waals surface area contributed by atoms with Gasteiger partial charge in [0.2, 0.25) is 0 Å². The number of benzene rings is 1. The van der Waals surface area contributed by atoms with Crippen molar-refractivity contribution in [3.63, 3.8) is 0 Å². The smallest absolute Gasteiger partial charge is 0.340 e. The summed E-state index contributed by atoms with van der Waals surface area (Å²) in [7, 11) is 1.37. The average Bonchev–Trinajstić information content (AvgIpc) is 3.23. The second kappa shape index (κ2) is 6.56. The Bertz CT molecular complexity index is 527. The van der Waals surface area contributed by atoms with Crippen molar-refractivity contribution in [2.75, 3.05) is 24.3 Å². The van der Waals surface area contributed by atoms with E-state index < -0.39 is 5.97 Å². The van der Waals surface area contributed by atoms with Crippen molar-refractivity contribution >= 4 is 28.9 Å². The molecule has 0 radical (unpaired) electrons. The number of halogens is 1. The standard InChI is InChI=1S/C16H23ClN2O2/c1-10(2)6-7-19(12-4-5-12)15-13(16(20)21-3)8-11(18)9-14(15)17/h8-10,12H,4-7,18H2,1-3H3. The van der Waals surface area contributed by atoms with Crippen LogP contribution in [0, 0.1) is 5.92 Å². The molecule has 1 aliphatic carbocycles. The summed E-state index contributed by atoms with van der Waals surface area (Å²) in [6, 6.07) is 3.82. The number of carbonyl (C=O) groups is 1. The third-order valence-electron chi connectivity index (χ3n) is 3.71. The zero-order valence-electron chi connectivity index (χ0n) is 12.9. The molecule has 0 heterocycles. The average molecular weight is 311 g/mol. The molecule has 2 rings (SSSR count). The van der Waals surface area contributed by atoms with Gasteiger partial charge in [-0.05, 0) is 37.3 Å². The Hall–Kier alpha value is -1.42. The molecule has 4 nitrogen and oxygen atoms in total. The second-order valence-electron chi connectivity index (χ2n) is 6.00. The predicted molar refractivity (Wildman–Crippen MR) is 87.0 cm³/mol. The van der Waals surface area contributed by atoms with Crippen molar-refractivity contribution in [2.24, 2.45) is 5.92 Å². The number of rotatable bonds is 6. The van der Waals surface area contributed by atoms with Gasteiger partial charge in [0.1, 0.15) is 0 Å². The summed E-state index contributed by atoms with van der Waals surface area (Å²) < 4.78 is 4.88. The third-order valence-corrected chi connectivity index (χ3v) is 4.00. The molecule has 0 bridgehead atoms. The molecule has 2 N–H and O–H groups in total. The fraction of sp³-hybridized carbons (Fsp3) is 0.562. The molecule has 0 aliphatic heterocycles. The van der Waals surface area contributed by atoms with Crippen LogP contribution in [0.3, 0.4) is 0 Å². The molecule has 1 aliphatic rings. The van der Waals surface area contributed by atoms with E-state index in [1.807, 2.05) is 0 Å². The SMILES string of the molecule is COC(=O)c1cc(N)cc(Cl)c1N(CCC(C)C)C1CC1. The minimum Gasteiger partial charge on any atom is -0.465 e. The molecule has 21 heavy (non-hydrogen) atoms. The van der Waals surface area contributed by atoms with Crippen LogP contribution >= 0.6 is 11.6 Å². The maximum absolute atomic E-state index is 12.1. The van der Waals surface area contributed by atoms with Gasteiger partial charge in [-0.2, -0.15) is 0 Å². The van der Waals surface area contributed by atoms with Gasteiger partial charge in [-0.3, -0.25) is 0 Å². The number of nitrogens with two attached hydrogens (primary N) is 1. The minimum absolute atomic E-state index is 0.394. The molecule has 0 aromatic heterocycles. The minimum atomic E-state index is -0.394. The number of anilines is 2. The Morgan fingerprint density at radius 3 is 2.67 bits per heavy atom. The van der Waals surface area contributed by atoms with Gasteiger partial charge in [0.05, 0.1) is 23.4 Å². The highest BCUT2D eigenvalue weighted by molar-refractivity contribution is 6.34. The largest absolute Gasteiger partial charge is 0.465 e. The van der Waals surface area contributed by atoms with Crippen LogP contribution in [-0.4, -0.2) is 25.7 Å². The summed E-state index contributed by atoms with van der Waals surface area (Å²) >= 11 is 6.39. The molecule has 0 unspecified atom stereocenters. The fourth-order valence-corrected chi connectivity index (χ4v) is 2.77. The van der Waals surface area contributed by atoms with E-state index in [-0.39, 0.29) is 0 Å². The number of hydrogen-bond acceptors (Lipinski definition) is 4. The maximum atomic E-state index is 12.1. The predicted octanol–water partition coefficient (Wildman–Crippen LogP) is 3.72. The van der Waals surface area contributed by atoms with Crippen molar-refractivity contribution in [3.8, 4) is 0 Å². The van der Waals surface area contributed by atoms with E-state index in [1.165, 1.54) is 7.11 Å². The molecular formula is C16H23ClN2O2. The van der Waals surface area contributed by atoms with Gasteiger partial charge in [0.15, 0.2) is 0 Å². The summed E-state index contributed by atoms with van der Waals surface area (Å²) in [5.74, 6) is 0.204. The number of methoxy groups -OCH3 is 1. The Morgan fingerprint density at radius 2 is 2.14 bits per heavy atom. The first kappa shape index (κ1) is 16.0. The highest BCUT2D eigenvalue weighted by Gasteiger charge is 2.33. The number of hydrogen-bond donors (Lipinski definition) is 1. The Kier molecular flexibility index (Phi) is 4.99.